The Morgan fingerprint density at radius 2 is 1.58 bits per heavy atom. The van der Waals surface area contributed by atoms with Gasteiger partial charge in [-0.3, -0.25) is 9.59 Å². The van der Waals surface area contributed by atoms with Gasteiger partial charge in [-0.15, -0.1) is 0 Å². The number of hydrogen-bond acceptors (Lipinski definition) is 3. The van der Waals surface area contributed by atoms with Gasteiger partial charge in [0.2, 0.25) is 5.91 Å². The quantitative estimate of drug-likeness (QED) is 0.750. The lowest BCUT2D eigenvalue weighted by Crippen LogP contribution is -2.47. The highest BCUT2D eigenvalue weighted by atomic mass is 19.4. The second kappa shape index (κ2) is 8.61. The third-order valence-corrected chi connectivity index (χ3v) is 5.56. The van der Waals surface area contributed by atoms with Crippen molar-refractivity contribution in [1.29, 1.82) is 0 Å². The van der Waals surface area contributed by atoms with E-state index in [1.165, 1.54) is 18.2 Å². The molecule has 0 bridgehead atoms. The first-order chi connectivity index (χ1) is 14.8. The fraction of sp³-hybridized carbons (Fsp3) is 0.391. The molecule has 1 N–H and O–H groups in total. The maximum atomic E-state index is 12.9. The van der Waals surface area contributed by atoms with Crippen LogP contribution in [-0.4, -0.2) is 35.8 Å². The van der Waals surface area contributed by atoms with E-state index in [2.05, 4.69) is 5.32 Å². The Balaban J connectivity index is 1.35. The van der Waals surface area contributed by atoms with Gasteiger partial charge in [0.15, 0.2) is 0 Å². The van der Waals surface area contributed by atoms with Gasteiger partial charge in [-0.1, -0.05) is 12.1 Å². The number of ether oxygens (including phenoxy) is 1. The standard InChI is InChI=1S/C23H23F3N2O3/c24-23(25,26)17-4-2-6-20(14-17)31-19-5-1-3-16(13-19)21(29)27-18-9-11-28(12-10-18)22(30)15-7-8-15/h1-6,13-15,18H,7-12H2,(H,27,29). The first-order valence-electron chi connectivity index (χ1n) is 10.3. The molecule has 1 heterocycles. The van der Waals surface area contributed by atoms with Crippen molar-refractivity contribution in [1.82, 2.24) is 10.2 Å². The molecule has 0 aromatic heterocycles. The minimum Gasteiger partial charge on any atom is -0.457 e. The Bertz CT molecular complexity index is 965. The van der Waals surface area contributed by atoms with Crippen molar-refractivity contribution in [2.45, 2.75) is 37.9 Å². The lowest BCUT2D eigenvalue weighted by atomic mass is 10.0. The highest BCUT2D eigenvalue weighted by Crippen LogP contribution is 2.33. The van der Waals surface area contributed by atoms with Crippen LogP contribution in [0.25, 0.3) is 0 Å². The van der Waals surface area contributed by atoms with Gasteiger partial charge in [-0.25, -0.2) is 0 Å². The molecule has 2 aliphatic rings. The third kappa shape index (κ3) is 5.37. The number of amides is 2. The first kappa shape index (κ1) is 21.2. The SMILES string of the molecule is O=C(NC1CCN(C(=O)C2CC2)CC1)c1cccc(Oc2cccc(C(F)(F)F)c2)c1. The van der Waals surface area contributed by atoms with Gasteiger partial charge in [0.05, 0.1) is 5.56 Å². The summed E-state index contributed by atoms with van der Waals surface area (Å²) in [5.41, 5.74) is -0.439. The predicted molar refractivity (Wildman–Crippen MR) is 108 cm³/mol. The number of alkyl halides is 3. The number of halogens is 3. The van der Waals surface area contributed by atoms with E-state index in [1.54, 1.807) is 18.2 Å². The molecule has 5 nitrogen and oxygen atoms in total. The largest absolute Gasteiger partial charge is 0.457 e. The molecule has 164 valence electrons. The van der Waals surface area contributed by atoms with Gasteiger partial charge in [0.1, 0.15) is 11.5 Å². The molecule has 0 atom stereocenters. The number of likely N-dealkylation sites (tertiary alicyclic amines) is 1. The van der Waals surface area contributed by atoms with Crippen LogP contribution in [-0.2, 0) is 11.0 Å². The smallest absolute Gasteiger partial charge is 0.416 e. The molecule has 1 saturated heterocycles. The number of piperidine rings is 1. The molecule has 2 amide bonds. The van der Waals surface area contributed by atoms with Crippen molar-refractivity contribution in [3.63, 3.8) is 0 Å². The molecule has 2 fully saturated rings. The first-order valence-corrected chi connectivity index (χ1v) is 10.3. The van der Waals surface area contributed by atoms with Crippen LogP contribution >= 0.6 is 0 Å². The molecule has 0 radical (unpaired) electrons. The monoisotopic (exact) mass is 432 g/mol. The molecule has 8 heteroatoms. The summed E-state index contributed by atoms with van der Waals surface area (Å²) >= 11 is 0. The Morgan fingerprint density at radius 3 is 2.23 bits per heavy atom. The summed E-state index contributed by atoms with van der Waals surface area (Å²) in [6.07, 6.45) is -1.10. The van der Waals surface area contributed by atoms with Gasteiger partial charge in [-0.05, 0) is 62.1 Å². The van der Waals surface area contributed by atoms with Gasteiger partial charge >= 0.3 is 6.18 Å². The Labute approximate surface area is 178 Å². The molecule has 0 unspecified atom stereocenters. The number of carbonyl (C=O) groups is 2. The average Bonchev–Trinajstić information content (AvgIpc) is 3.59. The summed E-state index contributed by atoms with van der Waals surface area (Å²) in [5.74, 6) is 0.466. The summed E-state index contributed by atoms with van der Waals surface area (Å²) in [7, 11) is 0. The van der Waals surface area contributed by atoms with E-state index in [1.807, 2.05) is 4.90 Å². The number of rotatable bonds is 5. The minimum absolute atomic E-state index is 0.0243. The summed E-state index contributed by atoms with van der Waals surface area (Å²) in [6, 6.07) is 10.9. The van der Waals surface area contributed by atoms with Crippen molar-refractivity contribution in [3.05, 3.63) is 59.7 Å². The molecule has 4 rings (SSSR count). The normalized spacial score (nSPS) is 17.3. The summed E-state index contributed by atoms with van der Waals surface area (Å²) in [4.78, 5) is 26.7. The van der Waals surface area contributed by atoms with E-state index in [4.69, 9.17) is 4.74 Å². The predicted octanol–water partition coefficient (Wildman–Crippen LogP) is 4.63. The molecule has 0 spiro atoms. The van der Waals surface area contributed by atoms with Crippen LogP contribution in [0.4, 0.5) is 13.2 Å². The Hall–Kier alpha value is -3.03. The van der Waals surface area contributed by atoms with E-state index >= 15 is 0 Å². The van der Waals surface area contributed by atoms with Crippen LogP contribution in [0.3, 0.4) is 0 Å². The second-order valence-corrected chi connectivity index (χ2v) is 8.00. The summed E-state index contributed by atoms with van der Waals surface area (Å²) in [5, 5.41) is 2.98. The van der Waals surface area contributed by atoms with Crippen LogP contribution < -0.4 is 10.1 Å². The van der Waals surface area contributed by atoms with E-state index in [9.17, 15) is 22.8 Å². The van der Waals surface area contributed by atoms with Crippen molar-refractivity contribution >= 4 is 11.8 Å². The lowest BCUT2D eigenvalue weighted by Gasteiger charge is -2.32. The average molecular weight is 432 g/mol. The minimum atomic E-state index is -4.46. The molecular formula is C23H23F3N2O3. The van der Waals surface area contributed by atoms with Crippen LogP contribution in [0.1, 0.15) is 41.6 Å². The Morgan fingerprint density at radius 1 is 0.935 bits per heavy atom. The maximum absolute atomic E-state index is 12.9. The van der Waals surface area contributed by atoms with Gasteiger partial charge in [0.25, 0.3) is 5.91 Å². The van der Waals surface area contributed by atoms with Crippen LogP contribution in [0, 0.1) is 5.92 Å². The van der Waals surface area contributed by atoms with Gasteiger partial charge in [-0.2, -0.15) is 13.2 Å². The Kier molecular flexibility index (Phi) is 5.89. The second-order valence-electron chi connectivity index (χ2n) is 8.00. The van der Waals surface area contributed by atoms with Gasteiger partial charge in [0, 0.05) is 30.6 Å². The summed E-state index contributed by atoms with van der Waals surface area (Å²) in [6.45, 7) is 1.28. The number of nitrogens with one attached hydrogen (secondary N) is 1. The van der Waals surface area contributed by atoms with Crippen LogP contribution in [0.2, 0.25) is 0 Å². The van der Waals surface area contributed by atoms with Crippen molar-refractivity contribution in [2.24, 2.45) is 5.92 Å². The maximum Gasteiger partial charge on any atom is 0.416 e. The molecule has 1 saturated carbocycles. The zero-order valence-electron chi connectivity index (χ0n) is 16.8. The number of hydrogen-bond donors (Lipinski definition) is 1. The fourth-order valence-corrected chi connectivity index (χ4v) is 3.67. The van der Waals surface area contributed by atoms with E-state index in [0.29, 0.717) is 31.5 Å². The zero-order valence-corrected chi connectivity index (χ0v) is 16.8. The highest BCUT2D eigenvalue weighted by molar-refractivity contribution is 5.94. The molecule has 1 aliphatic heterocycles. The molecule has 2 aromatic rings. The molecule has 1 aliphatic carbocycles. The molecule has 2 aromatic carbocycles. The van der Waals surface area contributed by atoms with Gasteiger partial charge < -0.3 is 15.0 Å². The highest BCUT2D eigenvalue weighted by Gasteiger charge is 2.35. The third-order valence-electron chi connectivity index (χ3n) is 5.56. The van der Waals surface area contributed by atoms with E-state index in [0.717, 1.165) is 25.0 Å². The molecular weight excluding hydrogens is 409 g/mol. The topological polar surface area (TPSA) is 58.6 Å². The number of nitrogens with zero attached hydrogens (tertiary/aromatic N) is 1. The van der Waals surface area contributed by atoms with Crippen LogP contribution in [0.5, 0.6) is 11.5 Å². The fourth-order valence-electron chi connectivity index (χ4n) is 3.67. The van der Waals surface area contributed by atoms with Crippen molar-refractivity contribution < 1.29 is 27.5 Å². The van der Waals surface area contributed by atoms with Crippen molar-refractivity contribution in [2.75, 3.05) is 13.1 Å². The van der Waals surface area contributed by atoms with Crippen molar-refractivity contribution in [3.8, 4) is 11.5 Å². The summed E-state index contributed by atoms with van der Waals surface area (Å²) < 4.78 is 44.2. The van der Waals surface area contributed by atoms with E-state index in [-0.39, 0.29) is 35.3 Å². The number of benzene rings is 2. The lowest BCUT2D eigenvalue weighted by molar-refractivity contribution is -0.137. The van der Waals surface area contributed by atoms with E-state index < -0.39 is 11.7 Å². The van der Waals surface area contributed by atoms with Crippen LogP contribution in [0.15, 0.2) is 48.5 Å². The zero-order chi connectivity index (χ0) is 22.0. The molecule has 31 heavy (non-hydrogen) atoms. The number of carbonyl (C=O) groups excluding carboxylic acids is 2.